The Labute approximate surface area is 114 Å². The molecule has 0 bridgehead atoms. The summed E-state index contributed by atoms with van der Waals surface area (Å²) in [5.41, 5.74) is 11.3. The number of nitrogens with one attached hydrogen (secondary N) is 1. The molecule has 2 aromatic heterocycles. The van der Waals surface area contributed by atoms with Crippen LogP contribution in [0.15, 0.2) is 18.5 Å². The number of amides is 1. The Kier molecular flexibility index (Phi) is 3.91. The summed E-state index contributed by atoms with van der Waals surface area (Å²) in [5.74, 6) is -0.0970. The van der Waals surface area contributed by atoms with Crippen molar-refractivity contribution in [3.05, 3.63) is 23.3 Å². The SMILES string of the molecule is COc1c(NCCn2cccn2)sc(C(N)=O)c1N. The third-order valence-electron chi connectivity index (χ3n) is 2.51. The second-order valence-corrected chi connectivity index (χ2v) is 4.79. The topological polar surface area (TPSA) is 108 Å². The molecule has 0 saturated heterocycles. The van der Waals surface area contributed by atoms with Gasteiger partial charge in [-0.05, 0) is 6.07 Å². The third kappa shape index (κ3) is 2.79. The van der Waals surface area contributed by atoms with Crippen LogP contribution in [-0.4, -0.2) is 29.3 Å². The van der Waals surface area contributed by atoms with Crippen LogP contribution in [-0.2, 0) is 6.54 Å². The lowest BCUT2D eigenvalue weighted by Crippen LogP contribution is -2.10. The van der Waals surface area contributed by atoms with Gasteiger partial charge in [0.05, 0.1) is 13.7 Å². The quantitative estimate of drug-likeness (QED) is 0.724. The summed E-state index contributed by atoms with van der Waals surface area (Å²) >= 11 is 1.19. The van der Waals surface area contributed by atoms with Crippen molar-refractivity contribution in [2.75, 3.05) is 24.7 Å². The molecule has 1 amide bonds. The molecular weight excluding hydrogens is 266 g/mol. The first-order valence-electron chi connectivity index (χ1n) is 5.60. The minimum atomic E-state index is -0.555. The second kappa shape index (κ2) is 5.61. The van der Waals surface area contributed by atoms with Crippen LogP contribution in [0, 0.1) is 0 Å². The van der Waals surface area contributed by atoms with Gasteiger partial charge in [0.2, 0.25) is 0 Å². The summed E-state index contributed by atoms with van der Waals surface area (Å²) in [5, 5.41) is 7.95. The number of aromatic nitrogens is 2. The zero-order valence-corrected chi connectivity index (χ0v) is 11.2. The molecule has 8 heteroatoms. The van der Waals surface area contributed by atoms with E-state index < -0.39 is 5.91 Å². The third-order valence-corrected chi connectivity index (χ3v) is 3.67. The van der Waals surface area contributed by atoms with Gasteiger partial charge in [0.1, 0.15) is 15.6 Å². The minimum Gasteiger partial charge on any atom is -0.492 e. The Morgan fingerprint density at radius 3 is 3.00 bits per heavy atom. The van der Waals surface area contributed by atoms with Gasteiger partial charge in [-0.2, -0.15) is 5.10 Å². The molecule has 7 nitrogen and oxygen atoms in total. The molecule has 5 N–H and O–H groups in total. The van der Waals surface area contributed by atoms with Crippen LogP contribution in [0.2, 0.25) is 0 Å². The van der Waals surface area contributed by atoms with E-state index in [1.165, 1.54) is 18.4 Å². The molecule has 19 heavy (non-hydrogen) atoms. The van der Waals surface area contributed by atoms with Crippen molar-refractivity contribution in [3.63, 3.8) is 0 Å². The molecule has 0 aliphatic heterocycles. The van der Waals surface area contributed by atoms with Gasteiger partial charge in [0.15, 0.2) is 5.75 Å². The number of carbonyl (C=O) groups is 1. The van der Waals surface area contributed by atoms with Gasteiger partial charge in [-0.15, -0.1) is 11.3 Å². The fraction of sp³-hybridized carbons (Fsp3) is 0.273. The fourth-order valence-electron chi connectivity index (χ4n) is 1.65. The van der Waals surface area contributed by atoms with Crippen molar-refractivity contribution in [3.8, 4) is 5.75 Å². The van der Waals surface area contributed by atoms with E-state index in [1.807, 2.05) is 12.3 Å². The molecule has 0 aromatic carbocycles. The Hall–Kier alpha value is -2.22. The standard InChI is InChI=1S/C11H15N5O2S/c1-18-8-7(12)9(10(13)17)19-11(8)14-4-6-16-5-2-3-15-16/h2-3,5,14H,4,6,12H2,1H3,(H2,13,17). The van der Waals surface area contributed by atoms with Crippen LogP contribution in [0.1, 0.15) is 9.67 Å². The maximum atomic E-state index is 11.2. The number of hydrogen-bond acceptors (Lipinski definition) is 6. The number of methoxy groups -OCH3 is 1. The Balaban J connectivity index is 2.07. The fourth-order valence-corrected chi connectivity index (χ4v) is 2.62. The highest BCUT2D eigenvalue weighted by Gasteiger charge is 2.19. The predicted octanol–water partition coefficient (Wildman–Crippen LogP) is 0.746. The molecule has 0 aliphatic carbocycles. The van der Waals surface area contributed by atoms with Gasteiger partial charge in [-0.1, -0.05) is 0 Å². The maximum absolute atomic E-state index is 11.2. The van der Waals surface area contributed by atoms with Crippen LogP contribution in [0.4, 0.5) is 10.7 Å². The highest BCUT2D eigenvalue weighted by Crippen LogP contribution is 2.41. The van der Waals surface area contributed by atoms with Gasteiger partial charge in [0.25, 0.3) is 5.91 Å². The number of thiophene rings is 1. The van der Waals surface area contributed by atoms with Crippen LogP contribution in [0.25, 0.3) is 0 Å². The monoisotopic (exact) mass is 281 g/mol. The number of primary amides is 1. The van der Waals surface area contributed by atoms with Gasteiger partial charge in [0, 0.05) is 18.9 Å². The average Bonchev–Trinajstić information content (AvgIpc) is 2.97. The molecule has 102 valence electrons. The van der Waals surface area contributed by atoms with Crippen LogP contribution in [0.3, 0.4) is 0 Å². The summed E-state index contributed by atoms with van der Waals surface area (Å²) in [6, 6.07) is 1.86. The van der Waals surface area contributed by atoms with E-state index in [0.29, 0.717) is 28.7 Å². The van der Waals surface area contributed by atoms with E-state index in [0.717, 1.165) is 0 Å². The Bertz CT molecular complexity index is 564. The smallest absolute Gasteiger partial charge is 0.261 e. The summed E-state index contributed by atoms with van der Waals surface area (Å²) in [4.78, 5) is 11.5. The van der Waals surface area contributed by atoms with Gasteiger partial charge in [-0.25, -0.2) is 0 Å². The van der Waals surface area contributed by atoms with Gasteiger partial charge >= 0.3 is 0 Å². The molecule has 0 fully saturated rings. The summed E-state index contributed by atoms with van der Waals surface area (Å²) < 4.78 is 6.98. The predicted molar refractivity (Wildman–Crippen MR) is 74.5 cm³/mol. The Morgan fingerprint density at radius 1 is 1.63 bits per heavy atom. The summed E-state index contributed by atoms with van der Waals surface area (Å²) in [6.45, 7) is 1.33. The number of anilines is 2. The molecule has 0 spiro atoms. The highest BCUT2D eigenvalue weighted by molar-refractivity contribution is 7.19. The van der Waals surface area contributed by atoms with Crippen molar-refractivity contribution in [1.82, 2.24) is 9.78 Å². The summed E-state index contributed by atoms with van der Waals surface area (Å²) in [6.07, 6.45) is 3.59. The van der Waals surface area contributed by atoms with Crippen molar-refractivity contribution in [1.29, 1.82) is 0 Å². The van der Waals surface area contributed by atoms with E-state index in [1.54, 1.807) is 10.9 Å². The number of nitrogens with zero attached hydrogens (tertiary/aromatic N) is 2. The number of nitrogen functional groups attached to an aromatic ring is 1. The number of nitrogens with two attached hydrogens (primary N) is 2. The number of rotatable bonds is 6. The van der Waals surface area contributed by atoms with Crippen molar-refractivity contribution < 1.29 is 9.53 Å². The second-order valence-electron chi connectivity index (χ2n) is 3.77. The first-order valence-corrected chi connectivity index (χ1v) is 6.42. The van der Waals surface area contributed by atoms with Crippen LogP contribution < -0.4 is 21.5 Å². The van der Waals surface area contributed by atoms with Crippen LogP contribution in [0.5, 0.6) is 5.75 Å². The van der Waals surface area contributed by atoms with Crippen molar-refractivity contribution >= 4 is 27.9 Å². The largest absolute Gasteiger partial charge is 0.492 e. The lowest BCUT2D eigenvalue weighted by Gasteiger charge is -2.07. The summed E-state index contributed by atoms with van der Waals surface area (Å²) in [7, 11) is 1.50. The molecule has 2 rings (SSSR count). The first kappa shape index (κ1) is 13.2. The van der Waals surface area contributed by atoms with E-state index in [9.17, 15) is 4.79 Å². The number of ether oxygens (including phenoxy) is 1. The number of carbonyl (C=O) groups excluding carboxylic acids is 1. The molecular formula is C11H15N5O2S. The zero-order chi connectivity index (χ0) is 13.8. The molecule has 0 saturated carbocycles. The molecule has 0 atom stereocenters. The van der Waals surface area contributed by atoms with Crippen molar-refractivity contribution in [2.24, 2.45) is 5.73 Å². The number of hydrogen-bond donors (Lipinski definition) is 3. The maximum Gasteiger partial charge on any atom is 0.261 e. The van der Waals surface area contributed by atoms with E-state index in [2.05, 4.69) is 10.4 Å². The minimum absolute atomic E-state index is 0.279. The Morgan fingerprint density at radius 2 is 2.42 bits per heavy atom. The van der Waals surface area contributed by atoms with Crippen molar-refractivity contribution in [2.45, 2.75) is 6.54 Å². The zero-order valence-electron chi connectivity index (χ0n) is 10.4. The first-order chi connectivity index (χ1) is 9.13. The molecule has 2 heterocycles. The van der Waals surface area contributed by atoms with E-state index in [-0.39, 0.29) is 5.69 Å². The van der Waals surface area contributed by atoms with Gasteiger partial charge < -0.3 is 21.5 Å². The molecule has 0 aliphatic rings. The average molecular weight is 281 g/mol. The highest BCUT2D eigenvalue weighted by atomic mass is 32.1. The van der Waals surface area contributed by atoms with Crippen LogP contribution >= 0.6 is 11.3 Å². The van der Waals surface area contributed by atoms with E-state index in [4.69, 9.17) is 16.2 Å². The molecule has 2 aromatic rings. The lowest BCUT2D eigenvalue weighted by atomic mass is 10.3. The molecule has 0 unspecified atom stereocenters. The van der Waals surface area contributed by atoms with E-state index >= 15 is 0 Å². The molecule has 0 radical (unpaired) electrons. The lowest BCUT2D eigenvalue weighted by molar-refractivity contribution is 0.100. The van der Waals surface area contributed by atoms with Gasteiger partial charge in [-0.3, -0.25) is 9.48 Å². The normalized spacial score (nSPS) is 10.4.